The van der Waals surface area contributed by atoms with Crippen molar-refractivity contribution in [1.29, 1.82) is 0 Å². The molecule has 0 aliphatic heterocycles. The Hall–Kier alpha value is -1.94. The van der Waals surface area contributed by atoms with Gasteiger partial charge in [-0.2, -0.15) is 0 Å². The van der Waals surface area contributed by atoms with Crippen molar-refractivity contribution in [2.45, 2.75) is 18.9 Å². The molecule has 2 aromatic rings. The van der Waals surface area contributed by atoms with Crippen LogP contribution in [-0.4, -0.2) is 10.1 Å². The highest BCUT2D eigenvalue weighted by atomic mass is 19.1. The number of nitrogens with zero attached hydrogens (tertiary/aromatic N) is 1. The summed E-state index contributed by atoms with van der Waals surface area (Å²) in [5, 5.41) is 9.41. The molecular weight excluding hydrogens is 231 g/mol. The molecule has 0 saturated heterocycles. The van der Waals surface area contributed by atoms with Gasteiger partial charge in [-0.05, 0) is 43.2 Å². The van der Waals surface area contributed by atoms with Crippen LogP contribution in [0.2, 0.25) is 0 Å². The van der Waals surface area contributed by atoms with E-state index in [0.717, 1.165) is 11.8 Å². The lowest BCUT2D eigenvalue weighted by molar-refractivity contribution is 0.461. The highest BCUT2D eigenvalue weighted by Crippen LogP contribution is 2.22. The fourth-order valence-electron chi connectivity index (χ4n) is 1.89. The average molecular weight is 246 g/mol. The van der Waals surface area contributed by atoms with Crippen LogP contribution >= 0.6 is 0 Å². The van der Waals surface area contributed by atoms with Gasteiger partial charge in [-0.25, -0.2) is 4.39 Å². The predicted molar refractivity (Wildman–Crippen MR) is 67.5 cm³/mol. The summed E-state index contributed by atoms with van der Waals surface area (Å²) in [6, 6.07) is 9.84. The van der Waals surface area contributed by atoms with E-state index >= 15 is 0 Å². The Morgan fingerprint density at radius 2 is 2.11 bits per heavy atom. The van der Waals surface area contributed by atoms with Crippen molar-refractivity contribution in [3.63, 3.8) is 0 Å². The second-order valence-corrected chi connectivity index (χ2v) is 4.63. The second kappa shape index (κ2) is 4.74. The zero-order valence-electron chi connectivity index (χ0n) is 10.1. The van der Waals surface area contributed by atoms with Gasteiger partial charge in [0.1, 0.15) is 11.6 Å². The molecule has 0 radical (unpaired) electrons. The summed E-state index contributed by atoms with van der Waals surface area (Å²) in [5.74, 6) is -0.178. The number of hydrogen-bond donors (Lipinski definition) is 2. The van der Waals surface area contributed by atoms with E-state index < -0.39 is 5.54 Å². The summed E-state index contributed by atoms with van der Waals surface area (Å²) in [6.07, 6.45) is 1.67. The first-order valence-electron chi connectivity index (χ1n) is 5.66. The van der Waals surface area contributed by atoms with Crippen molar-refractivity contribution in [3.8, 4) is 5.75 Å². The van der Waals surface area contributed by atoms with E-state index in [1.54, 1.807) is 24.3 Å². The third-order valence-electron chi connectivity index (χ3n) is 2.79. The SMILES string of the molecule is CC(N)(Cc1cccc(O)c1)c1ccc(F)cn1. The van der Waals surface area contributed by atoms with Gasteiger partial charge in [0.2, 0.25) is 0 Å². The minimum Gasteiger partial charge on any atom is -0.508 e. The number of aromatic nitrogens is 1. The molecule has 1 unspecified atom stereocenters. The van der Waals surface area contributed by atoms with E-state index in [0.29, 0.717) is 12.1 Å². The van der Waals surface area contributed by atoms with Crippen molar-refractivity contribution in [2.75, 3.05) is 0 Å². The third kappa shape index (κ3) is 2.84. The highest BCUT2D eigenvalue weighted by Gasteiger charge is 2.23. The van der Waals surface area contributed by atoms with Crippen molar-refractivity contribution in [2.24, 2.45) is 5.73 Å². The molecule has 3 nitrogen and oxygen atoms in total. The van der Waals surface area contributed by atoms with Crippen LogP contribution in [0.15, 0.2) is 42.6 Å². The maximum absolute atomic E-state index is 12.8. The van der Waals surface area contributed by atoms with Crippen molar-refractivity contribution in [1.82, 2.24) is 4.98 Å². The fraction of sp³-hybridized carbons (Fsp3) is 0.214. The van der Waals surface area contributed by atoms with Gasteiger partial charge in [-0.1, -0.05) is 12.1 Å². The quantitative estimate of drug-likeness (QED) is 0.874. The van der Waals surface area contributed by atoms with E-state index in [2.05, 4.69) is 4.98 Å². The maximum Gasteiger partial charge on any atom is 0.141 e. The number of rotatable bonds is 3. The van der Waals surface area contributed by atoms with Crippen LogP contribution in [0, 0.1) is 5.82 Å². The first-order chi connectivity index (χ1) is 8.47. The van der Waals surface area contributed by atoms with Crippen LogP contribution < -0.4 is 5.73 Å². The fourth-order valence-corrected chi connectivity index (χ4v) is 1.89. The van der Waals surface area contributed by atoms with Gasteiger partial charge in [0.25, 0.3) is 0 Å². The number of pyridine rings is 1. The van der Waals surface area contributed by atoms with E-state index in [-0.39, 0.29) is 11.6 Å². The van der Waals surface area contributed by atoms with Gasteiger partial charge >= 0.3 is 0 Å². The Kier molecular flexibility index (Phi) is 3.30. The zero-order chi connectivity index (χ0) is 13.2. The van der Waals surface area contributed by atoms with E-state index in [1.807, 2.05) is 13.0 Å². The van der Waals surface area contributed by atoms with Crippen molar-refractivity contribution in [3.05, 3.63) is 59.7 Å². The summed E-state index contributed by atoms with van der Waals surface area (Å²) < 4.78 is 12.8. The van der Waals surface area contributed by atoms with Gasteiger partial charge in [0, 0.05) is 0 Å². The monoisotopic (exact) mass is 246 g/mol. The zero-order valence-corrected chi connectivity index (χ0v) is 10.1. The molecule has 0 bridgehead atoms. The number of benzene rings is 1. The predicted octanol–water partition coefficient (Wildman–Crippen LogP) is 2.34. The Morgan fingerprint density at radius 3 is 2.72 bits per heavy atom. The Balaban J connectivity index is 2.23. The van der Waals surface area contributed by atoms with E-state index in [4.69, 9.17) is 5.73 Å². The summed E-state index contributed by atoms with van der Waals surface area (Å²) in [6.45, 7) is 1.83. The van der Waals surface area contributed by atoms with Crippen LogP contribution in [-0.2, 0) is 12.0 Å². The number of phenolic OH excluding ortho intramolecular Hbond substituents is 1. The molecular formula is C14H15FN2O. The molecule has 0 aliphatic carbocycles. The highest BCUT2D eigenvalue weighted by molar-refractivity contribution is 5.30. The van der Waals surface area contributed by atoms with Gasteiger partial charge in [-0.15, -0.1) is 0 Å². The minimum atomic E-state index is -0.707. The summed E-state index contributed by atoms with van der Waals surface area (Å²) in [7, 11) is 0. The van der Waals surface area contributed by atoms with Crippen molar-refractivity contribution < 1.29 is 9.50 Å². The number of aromatic hydroxyl groups is 1. The first kappa shape index (κ1) is 12.5. The summed E-state index contributed by atoms with van der Waals surface area (Å²) in [5.41, 5.74) is 7.02. The lowest BCUT2D eigenvalue weighted by atomic mass is 9.90. The van der Waals surface area contributed by atoms with Crippen LogP contribution in [0.1, 0.15) is 18.2 Å². The van der Waals surface area contributed by atoms with Crippen LogP contribution in [0.5, 0.6) is 5.75 Å². The lowest BCUT2D eigenvalue weighted by Gasteiger charge is -2.24. The Morgan fingerprint density at radius 1 is 1.33 bits per heavy atom. The molecule has 1 aromatic carbocycles. The minimum absolute atomic E-state index is 0.204. The first-order valence-corrected chi connectivity index (χ1v) is 5.66. The van der Waals surface area contributed by atoms with Crippen LogP contribution in [0.3, 0.4) is 0 Å². The molecule has 3 N–H and O–H groups in total. The second-order valence-electron chi connectivity index (χ2n) is 4.63. The normalized spacial score (nSPS) is 14.2. The van der Waals surface area contributed by atoms with Gasteiger partial charge < -0.3 is 10.8 Å². The molecule has 4 heteroatoms. The molecule has 1 aromatic heterocycles. The molecule has 0 spiro atoms. The van der Waals surface area contributed by atoms with Crippen LogP contribution in [0.25, 0.3) is 0 Å². The number of hydrogen-bond acceptors (Lipinski definition) is 3. The van der Waals surface area contributed by atoms with Gasteiger partial charge in [0.05, 0.1) is 17.4 Å². The molecule has 0 amide bonds. The van der Waals surface area contributed by atoms with Crippen molar-refractivity contribution >= 4 is 0 Å². The number of halogens is 1. The maximum atomic E-state index is 12.8. The topological polar surface area (TPSA) is 59.1 Å². The Bertz CT molecular complexity index is 538. The molecule has 18 heavy (non-hydrogen) atoms. The lowest BCUT2D eigenvalue weighted by Crippen LogP contribution is -2.36. The van der Waals surface area contributed by atoms with E-state index in [1.165, 1.54) is 6.07 Å². The molecule has 0 saturated carbocycles. The standard InChI is InChI=1S/C14H15FN2O/c1-14(16,13-6-5-11(15)9-17-13)8-10-3-2-4-12(18)7-10/h2-7,9,18H,8,16H2,1H3. The third-order valence-corrected chi connectivity index (χ3v) is 2.79. The molecule has 2 rings (SSSR count). The smallest absolute Gasteiger partial charge is 0.141 e. The molecule has 0 fully saturated rings. The summed E-state index contributed by atoms with van der Waals surface area (Å²) in [4.78, 5) is 4.01. The molecule has 1 heterocycles. The number of nitrogens with two attached hydrogens (primary N) is 1. The molecule has 0 aliphatic rings. The van der Waals surface area contributed by atoms with Gasteiger partial charge in [-0.3, -0.25) is 4.98 Å². The Labute approximate surface area is 105 Å². The summed E-state index contributed by atoms with van der Waals surface area (Å²) >= 11 is 0. The van der Waals surface area contributed by atoms with Gasteiger partial charge in [0.15, 0.2) is 0 Å². The van der Waals surface area contributed by atoms with Crippen LogP contribution in [0.4, 0.5) is 4.39 Å². The van der Waals surface area contributed by atoms with E-state index in [9.17, 15) is 9.50 Å². The number of phenols is 1. The largest absolute Gasteiger partial charge is 0.508 e. The average Bonchev–Trinajstić information content (AvgIpc) is 2.29. The molecule has 1 atom stereocenters. The molecule has 94 valence electrons.